The molecule has 0 unspecified atom stereocenters. The van der Waals surface area contributed by atoms with E-state index >= 15 is 0 Å². The molecule has 0 saturated carbocycles. The summed E-state index contributed by atoms with van der Waals surface area (Å²) in [6.07, 6.45) is 0.444. The highest BCUT2D eigenvalue weighted by molar-refractivity contribution is 9.10. The first kappa shape index (κ1) is 28.3. The van der Waals surface area contributed by atoms with Gasteiger partial charge in [-0.3, -0.25) is 9.59 Å². The summed E-state index contributed by atoms with van der Waals surface area (Å²) in [6.45, 7) is 5.02. The van der Waals surface area contributed by atoms with Gasteiger partial charge < -0.3 is 10.2 Å². The lowest BCUT2D eigenvalue weighted by Gasteiger charge is -2.32. The Balaban J connectivity index is 1.85. The van der Waals surface area contributed by atoms with Crippen LogP contribution in [0.25, 0.3) is 0 Å². The van der Waals surface area contributed by atoms with Gasteiger partial charge in [0.05, 0.1) is 5.75 Å². The minimum absolute atomic E-state index is 0.0762. The lowest BCUT2D eigenvalue weighted by molar-refractivity contribution is -0.139. The molecule has 0 radical (unpaired) electrons. The Kier molecular flexibility index (Phi) is 11.4. The maximum atomic E-state index is 13.7. The van der Waals surface area contributed by atoms with Crippen molar-refractivity contribution in [3.8, 4) is 0 Å². The highest BCUT2D eigenvalue weighted by atomic mass is 79.9. The van der Waals surface area contributed by atoms with E-state index in [4.69, 9.17) is 11.6 Å². The number of nitrogens with one attached hydrogen (secondary N) is 1. The zero-order valence-electron chi connectivity index (χ0n) is 20.6. The Morgan fingerprint density at radius 2 is 1.67 bits per heavy atom. The molecule has 0 spiro atoms. The standard InChI is InChI=1S/C29H32BrClN2O2S/c1-21(2)17-32-29(35)27(16-22-9-4-3-5-10-22)33(18-23-11-8-13-25(30)15-23)28(34)20-36-19-24-12-6-7-14-26(24)31/h3-15,21,27H,16-20H2,1-2H3,(H,32,35)/t27-/m1/s1. The normalized spacial score (nSPS) is 11.8. The molecule has 3 aromatic carbocycles. The molecule has 0 aliphatic heterocycles. The molecule has 1 N–H and O–H groups in total. The molecule has 4 nitrogen and oxygen atoms in total. The van der Waals surface area contributed by atoms with Crippen LogP contribution in [-0.4, -0.2) is 35.1 Å². The van der Waals surface area contributed by atoms with Gasteiger partial charge in [0, 0.05) is 34.8 Å². The third kappa shape index (κ3) is 8.99. The monoisotopic (exact) mass is 586 g/mol. The van der Waals surface area contributed by atoms with Crippen LogP contribution >= 0.6 is 39.3 Å². The van der Waals surface area contributed by atoms with Crippen molar-refractivity contribution in [1.82, 2.24) is 10.2 Å². The summed E-state index contributed by atoms with van der Waals surface area (Å²) < 4.78 is 0.935. The van der Waals surface area contributed by atoms with Gasteiger partial charge in [-0.2, -0.15) is 0 Å². The predicted octanol–water partition coefficient (Wildman–Crippen LogP) is 6.75. The summed E-state index contributed by atoms with van der Waals surface area (Å²) in [5.41, 5.74) is 2.97. The fraction of sp³-hybridized carbons (Fsp3) is 0.310. The van der Waals surface area contributed by atoms with Crippen LogP contribution in [0.5, 0.6) is 0 Å². The molecule has 2 amide bonds. The van der Waals surface area contributed by atoms with E-state index < -0.39 is 6.04 Å². The highest BCUT2D eigenvalue weighted by Gasteiger charge is 2.30. The third-order valence-corrected chi connectivity index (χ3v) is 7.47. The third-order valence-electron chi connectivity index (χ3n) is 5.64. The Hall–Kier alpha value is -2.28. The van der Waals surface area contributed by atoms with Crippen molar-refractivity contribution in [1.29, 1.82) is 0 Å². The molecule has 7 heteroatoms. The van der Waals surface area contributed by atoms with Gasteiger partial charge in [0.25, 0.3) is 0 Å². The Morgan fingerprint density at radius 3 is 2.36 bits per heavy atom. The number of thioether (sulfide) groups is 1. The number of hydrogen-bond acceptors (Lipinski definition) is 3. The SMILES string of the molecule is CC(C)CNC(=O)[C@@H](Cc1ccccc1)N(Cc1cccc(Br)c1)C(=O)CSCc1ccccc1Cl. The summed E-state index contributed by atoms with van der Waals surface area (Å²) in [6, 6.07) is 24.8. The van der Waals surface area contributed by atoms with E-state index in [2.05, 4.69) is 35.1 Å². The molecule has 0 bridgehead atoms. The Morgan fingerprint density at radius 1 is 0.972 bits per heavy atom. The van der Waals surface area contributed by atoms with Gasteiger partial charge in [0.1, 0.15) is 6.04 Å². The zero-order chi connectivity index (χ0) is 25.9. The van der Waals surface area contributed by atoms with E-state index in [1.165, 1.54) is 11.8 Å². The van der Waals surface area contributed by atoms with Gasteiger partial charge in [0.15, 0.2) is 0 Å². The van der Waals surface area contributed by atoms with E-state index in [-0.39, 0.29) is 17.6 Å². The summed E-state index contributed by atoms with van der Waals surface area (Å²) in [7, 11) is 0. The van der Waals surface area contributed by atoms with Crippen molar-refractivity contribution >= 4 is 51.1 Å². The lowest BCUT2D eigenvalue weighted by Crippen LogP contribution is -2.51. The van der Waals surface area contributed by atoms with Gasteiger partial charge in [-0.1, -0.05) is 102 Å². The second-order valence-corrected chi connectivity index (χ2v) is 11.4. The number of rotatable bonds is 12. The van der Waals surface area contributed by atoms with Crippen molar-refractivity contribution in [2.75, 3.05) is 12.3 Å². The molecular weight excluding hydrogens is 556 g/mol. The molecule has 0 fully saturated rings. The first-order valence-electron chi connectivity index (χ1n) is 12.0. The van der Waals surface area contributed by atoms with Crippen LogP contribution in [0.1, 0.15) is 30.5 Å². The molecule has 0 aliphatic carbocycles. The number of halogens is 2. The van der Waals surface area contributed by atoms with E-state index in [0.29, 0.717) is 36.2 Å². The average molecular weight is 588 g/mol. The maximum absolute atomic E-state index is 13.7. The summed E-state index contributed by atoms with van der Waals surface area (Å²) in [4.78, 5) is 28.8. The molecule has 3 rings (SSSR count). The molecule has 1 atom stereocenters. The zero-order valence-corrected chi connectivity index (χ0v) is 23.8. The van der Waals surface area contributed by atoms with Crippen molar-refractivity contribution in [3.05, 3.63) is 105 Å². The maximum Gasteiger partial charge on any atom is 0.243 e. The Labute approximate surface area is 231 Å². The number of hydrogen-bond donors (Lipinski definition) is 1. The van der Waals surface area contributed by atoms with Crippen molar-refractivity contribution in [2.45, 2.75) is 38.6 Å². The van der Waals surface area contributed by atoms with Crippen molar-refractivity contribution in [3.63, 3.8) is 0 Å². The van der Waals surface area contributed by atoms with Crippen molar-refractivity contribution < 1.29 is 9.59 Å². The lowest BCUT2D eigenvalue weighted by atomic mass is 10.0. The smallest absolute Gasteiger partial charge is 0.243 e. The van der Waals surface area contributed by atoms with Crippen LogP contribution in [0, 0.1) is 5.92 Å². The number of carbonyl (C=O) groups excluding carboxylic acids is 2. The molecular formula is C29H32BrClN2O2S. The molecule has 190 valence electrons. The van der Waals surface area contributed by atoms with E-state index in [1.807, 2.05) is 78.9 Å². The summed E-state index contributed by atoms with van der Waals surface area (Å²) in [5.74, 6) is 0.979. The number of amides is 2. The number of carbonyl (C=O) groups is 2. The fourth-order valence-electron chi connectivity index (χ4n) is 3.76. The van der Waals surface area contributed by atoms with Gasteiger partial charge >= 0.3 is 0 Å². The topological polar surface area (TPSA) is 49.4 Å². The van der Waals surface area contributed by atoms with Crippen LogP contribution in [0.4, 0.5) is 0 Å². The quantitative estimate of drug-likeness (QED) is 0.255. The molecule has 36 heavy (non-hydrogen) atoms. The van der Waals surface area contributed by atoms with E-state index in [0.717, 1.165) is 21.2 Å². The van der Waals surface area contributed by atoms with Gasteiger partial charge in [-0.15, -0.1) is 11.8 Å². The van der Waals surface area contributed by atoms with Crippen LogP contribution in [-0.2, 0) is 28.3 Å². The minimum Gasteiger partial charge on any atom is -0.354 e. The fourth-order valence-corrected chi connectivity index (χ4v) is 5.40. The minimum atomic E-state index is -0.626. The van der Waals surface area contributed by atoms with Crippen LogP contribution in [0.2, 0.25) is 5.02 Å². The first-order chi connectivity index (χ1) is 17.3. The van der Waals surface area contributed by atoms with Crippen molar-refractivity contribution in [2.24, 2.45) is 5.92 Å². The van der Waals surface area contributed by atoms with E-state index in [1.54, 1.807) is 4.90 Å². The molecule has 0 aromatic heterocycles. The van der Waals surface area contributed by atoms with Gasteiger partial charge in [-0.05, 0) is 40.8 Å². The van der Waals surface area contributed by atoms with Crippen LogP contribution in [0.15, 0.2) is 83.3 Å². The Bertz CT molecular complexity index is 1140. The predicted molar refractivity (Wildman–Crippen MR) is 154 cm³/mol. The van der Waals surface area contributed by atoms with Gasteiger partial charge in [0.2, 0.25) is 11.8 Å². The molecule has 3 aromatic rings. The number of benzene rings is 3. The van der Waals surface area contributed by atoms with E-state index in [9.17, 15) is 9.59 Å². The molecule has 0 aliphatic rings. The summed E-state index contributed by atoms with van der Waals surface area (Å²) in [5, 5.41) is 3.75. The molecule has 0 heterocycles. The molecule has 0 saturated heterocycles. The average Bonchev–Trinajstić information content (AvgIpc) is 2.86. The first-order valence-corrected chi connectivity index (χ1v) is 14.3. The largest absolute Gasteiger partial charge is 0.354 e. The number of nitrogens with zero attached hydrogens (tertiary/aromatic N) is 1. The van der Waals surface area contributed by atoms with Gasteiger partial charge in [-0.25, -0.2) is 0 Å². The summed E-state index contributed by atoms with van der Waals surface area (Å²) >= 11 is 11.3. The second-order valence-electron chi connectivity index (χ2n) is 9.08. The van der Waals surface area contributed by atoms with Crippen LogP contribution < -0.4 is 5.32 Å². The second kappa shape index (κ2) is 14.5. The highest BCUT2D eigenvalue weighted by Crippen LogP contribution is 2.23. The van der Waals surface area contributed by atoms with Crippen LogP contribution in [0.3, 0.4) is 0 Å².